The molecular formula is C17H19N5O2. The largest absolute Gasteiger partial charge is 0.340 e. The highest BCUT2D eigenvalue weighted by molar-refractivity contribution is 6.00. The van der Waals surface area contributed by atoms with Crippen LogP contribution in [0, 0.1) is 0 Å². The highest BCUT2D eigenvalue weighted by Gasteiger charge is 2.07. The maximum Gasteiger partial charge on any atom is 0.319 e. The van der Waals surface area contributed by atoms with Crippen LogP contribution >= 0.6 is 0 Å². The van der Waals surface area contributed by atoms with Crippen LogP contribution in [-0.4, -0.2) is 26.7 Å². The summed E-state index contributed by atoms with van der Waals surface area (Å²) in [7, 11) is 3.62. The summed E-state index contributed by atoms with van der Waals surface area (Å²) in [5, 5.41) is 6.46. The number of carbonyl (C=O) groups excluding carboxylic acids is 1. The third kappa shape index (κ3) is 3.29. The lowest BCUT2D eigenvalue weighted by Gasteiger charge is -2.11. The van der Waals surface area contributed by atoms with Crippen LogP contribution in [0.5, 0.6) is 0 Å². The molecule has 0 radical (unpaired) electrons. The van der Waals surface area contributed by atoms with Crippen LogP contribution in [0.4, 0.5) is 10.5 Å². The van der Waals surface area contributed by atoms with Crippen molar-refractivity contribution < 1.29 is 4.79 Å². The average Bonchev–Trinajstić information content (AvgIpc) is 2.97. The van der Waals surface area contributed by atoms with Gasteiger partial charge >= 0.3 is 6.03 Å². The smallest absolute Gasteiger partial charge is 0.319 e. The molecule has 7 nitrogen and oxygen atoms in total. The van der Waals surface area contributed by atoms with Crippen LogP contribution in [-0.2, 0) is 20.5 Å². The van der Waals surface area contributed by atoms with Gasteiger partial charge in [-0.3, -0.25) is 4.79 Å². The summed E-state index contributed by atoms with van der Waals surface area (Å²) in [5.41, 5.74) is 2.28. The Kier molecular flexibility index (Phi) is 4.33. The Labute approximate surface area is 138 Å². The molecule has 0 saturated carbocycles. The zero-order valence-electron chi connectivity index (χ0n) is 13.6. The number of amides is 2. The third-order valence-electron chi connectivity index (χ3n) is 3.84. The van der Waals surface area contributed by atoms with Gasteiger partial charge in [-0.25, -0.2) is 9.78 Å². The number of urea groups is 1. The molecule has 2 heterocycles. The van der Waals surface area contributed by atoms with Crippen LogP contribution in [0.1, 0.15) is 5.69 Å². The zero-order valence-corrected chi connectivity index (χ0v) is 13.6. The van der Waals surface area contributed by atoms with Gasteiger partial charge in [-0.15, -0.1) is 0 Å². The molecule has 3 rings (SSSR count). The first kappa shape index (κ1) is 15.8. The van der Waals surface area contributed by atoms with E-state index in [1.54, 1.807) is 24.0 Å². The number of fused-ring (bicyclic) bond motifs is 1. The van der Waals surface area contributed by atoms with E-state index in [1.807, 2.05) is 36.0 Å². The quantitative estimate of drug-likeness (QED) is 0.765. The molecule has 2 N–H and O–H groups in total. The fraction of sp³-hybridized carbons (Fsp3) is 0.235. The van der Waals surface area contributed by atoms with E-state index in [0.29, 0.717) is 18.7 Å². The van der Waals surface area contributed by atoms with Crippen molar-refractivity contribution in [1.82, 2.24) is 19.4 Å². The Bertz CT molecular complexity index is 942. The number of anilines is 1. The van der Waals surface area contributed by atoms with Gasteiger partial charge in [0.1, 0.15) is 0 Å². The van der Waals surface area contributed by atoms with E-state index < -0.39 is 0 Å². The second-order valence-electron chi connectivity index (χ2n) is 5.63. The molecule has 2 amide bonds. The lowest BCUT2D eigenvalue weighted by molar-refractivity contribution is 0.252. The van der Waals surface area contributed by atoms with Crippen molar-refractivity contribution in [1.29, 1.82) is 0 Å². The van der Waals surface area contributed by atoms with Gasteiger partial charge in [0.25, 0.3) is 5.56 Å². The maximum atomic E-state index is 12.1. The SMILES string of the molecule is Cn1cnc(CCNC(=O)Nc2cccc3c2ccc(=O)n3C)c1. The average molecular weight is 325 g/mol. The predicted molar refractivity (Wildman–Crippen MR) is 93.1 cm³/mol. The lowest BCUT2D eigenvalue weighted by Crippen LogP contribution is -2.30. The Hall–Kier alpha value is -3.09. The monoisotopic (exact) mass is 325 g/mol. The van der Waals surface area contributed by atoms with Gasteiger partial charge in [0, 0.05) is 44.7 Å². The number of aromatic nitrogens is 3. The van der Waals surface area contributed by atoms with Crippen LogP contribution in [0.25, 0.3) is 10.9 Å². The second-order valence-corrected chi connectivity index (χ2v) is 5.63. The molecule has 24 heavy (non-hydrogen) atoms. The summed E-state index contributed by atoms with van der Waals surface area (Å²) in [6, 6.07) is 8.40. The van der Waals surface area contributed by atoms with E-state index in [9.17, 15) is 9.59 Å². The van der Waals surface area contributed by atoms with E-state index in [-0.39, 0.29) is 11.6 Å². The number of hydrogen-bond acceptors (Lipinski definition) is 3. The summed E-state index contributed by atoms with van der Waals surface area (Å²) < 4.78 is 3.43. The van der Waals surface area contributed by atoms with Crippen LogP contribution in [0.2, 0.25) is 0 Å². The second kappa shape index (κ2) is 6.57. The standard InChI is InChI=1S/C17H19N5O2/c1-21-10-12(19-11-21)8-9-18-17(24)20-14-4-3-5-15-13(14)6-7-16(23)22(15)2/h3-7,10-11H,8-9H2,1-2H3,(H2,18,20,24). The van der Waals surface area contributed by atoms with Gasteiger partial charge in [0.05, 0.1) is 23.2 Å². The van der Waals surface area contributed by atoms with E-state index in [0.717, 1.165) is 16.6 Å². The molecule has 2 aromatic heterocycles. The predicted octanol–water partition coefficient (Wildman–Crippen LogP) is 1.64. The number of rotatable bonds is 4. The zero-order chi connectivity index (χ0) is 17.1. The lowest BCUT2D eigenvalue weighted by atomic mass is 10.2. The highest BCUT2D eigenvalue weighted by atomic mass is 16.2. The van der Waals surface area contributed by atoms with Gasteiger partial charge in [-0.05, 0) is 18.2 Å². The van der Waals surface area contributed by atoms with Crippen molar-refractivity contribution in [2.75, 3.05) is 11.9 Å². The summed E-state index contributed by atoms with van der Waals surface area (Å²) in [6.07, 6.45) is 4.32. The number of carbonyl (C=O) groups is 1. The minimum atomic E-state index is -0.285. The Morgan fingerprint density at radius 2 is 2.04 bits per heavy atom. The Balaban J connectivity index is 1.67. The van der Waals surface area contributed by atoms with Crippen molar-refractivity contribution in [3.8, 4) is 0 Å². The molecule has 0 bridgehead atoms. The van der Waals surface area contributed by atoms with E-state index >= 15 is 0 Å². The molecule has 1 aromatic carbocycles. The molecule has 0 aliphatic heterocycles. The van der Waals surface area contributed by atoms with Gasteiger partial charge in [0.2, 0.25) is 0 Å². The number of pyridine rings is 1. The van der Waals surface area contributed by atoms with E-state index in [1.165, 1.54) is 6.07 Å². The molecule has 124 valence electrons. The molecule has 0 aliphatic rings. The van der Waals surface area contributed by atoms with Crippen molar-refractivity contribution in [2.45, 2.75) is 6.42 Å². The molecule has 0 saturated heterocycles. The minimum absolute atomic E-state index is 0.0838. The van der Waals surface area contributed by atoms with Gasteiger partial charge in [0.15, 0.2) is 0 Å². The van der Waals surface area contributed by atoms with Crippen molar-refractivity contribution >= 4 is 22.6 Å². The summed E-state index contributed by atoms with van der Waals surface area (Å²) in [4.78, 5) is 28.0. The Morgan fingerprint density at radius 3 is 2.79 bits per heavy atom. The van der Waals surface area contributed by atoms with Gasteiger partial charge in [-0.1, -0.05) is 6.07 Å². The first-order chi connectivity index (χ1) is 11.5. The fourth-order valence-electron chi connectivity index (χ4n) is 2.58. The highest BCUT2D eigenvalue weighted by Crippen LogP contribution is 2.21. The molecule has 0 unspecified atom stereocenters. The van der Waals surface area contributed by atoms with Crippen LogP contribution in [0.3, 0.4) is 0 Å². The Morgan fingerprint density at radius 1 is 1.21 bits per heavy atom. The normalized spacial score (nSPS) is 10.8. The summed E-state index contributed by atoms with van der Waals surface area (Å²) >= 11 is 0. The van der Waals surface area contributed by atoms with Gasteiger partial charge in [-0.2, -0.15) is 0 Å². The number of nitrogens with zero attached hydrogens (tertiary/aromatic N) is 3. The van der Waals surface area contributed by atoms with E-state index in [2.05, 4.69) is 15.6 Å². The first-order valence-corrected chi connectivity index (χ1v) is 7.65. The van der Waals surface area contributed by atoms with Crippen LogP contribution in [0.15, 0.2) is 47.7 Å². The first-order valence-electron chi connectivity index (χ1n) is 7.65. The van der Waals surface area contributed by atoms with Crippen molar-refractivity contribution in [3.63, 3.8) is 0 Å². The number of imidazole rings is 1. The number of hydrogen-bond donors (Lipinski definition) is 2. The van der Waals surface area contributed by atoms with Crippen molar-refractivity contribution in [2.24, 2.45) is 14.1 Å². The molecule has 0 aliphatic carbocycles. The molecule has 0 atom stereocenters. The third-order valence-corrected chi connectivity index (χ3v) is 3.84. The summed E-state index contributed by atoms with van der Waals surface area (Å²) in [6.45, 7) is 0.492. The number of nitrogens with one attached hydrogen (secondary N) is 2. The fourth-order valence-corrected chi connectivity index (χ4v) is 2.58. The van der Waals surface area contributed by atoms with Crippen molar-refractivity contribution in [3.05, 3.63) is 58.9 Å². The van der Waals surface area contributed by atoms with E-state index in [4.69, 9.17) is 0 Å². The molecule has 3 aromatic rings. The molecule has 0 spiro atoms. The number of aryl methyl sites for hydroxylation is 2. The molecular weight excluding hydrogens is 306 g/mol. The van der Waals surface area contributed by atoms with Gasteiger partial charge < -0.3 is 19.8 Å². The minimum Gasteiger partial charge on any atom is -0.340 e. The summed E-state index contributed by atoms with van der Waals surface area (Å²) in [5.74, 6) is 0. The van der Waals surface area contributed by atoms with Crippen LogP contribution < -0.4 is 16.2 Å². The number of benzene rings is 1. The molecule has 0 fully saturated rings. The maximum absolute atomic E-state index is 12.1. The topological polar surface area (TPSA) is 81.0 Å². The molecule has 7 heteroatoms.